The number of carbonyl (C=O) groups excluding carboxylic acids is 1. The maximum absolute atomic E-state index is 13.4. The second-order valence-electron chi connectivity index (χ2n) is 6.66. The molecule has 0 aliphatic heterocycles. The smallest absolute Gasteiger partial charge is 0.270 e. The zero-order valence-corrected chi connectivity index (χ0v) is 15.0. The lowest BCUT2D eigenvalue weighted by atomic mass is 9.78. The fourth-order valence-electron chi connectivity index (χ4n) is 3.31. The molecule has 0 bridgehead atoms. The molecule has 1 atom stereocenters. The Balaban J connectivity index is 2.07. The van der Waals surface area contributed by atoms with Gasteiger partial charge in [-0.15, -0.1) is 0 Å². The molecule has 0 heterocycles. The van der Waals surface area contributed by atoms with Gasteiger partial charge in [-0.1, -0.05) is 53.5 Å². The molecule has 2 aromatic rings. The van der Waals surface area contributed by atoms with Gasteiger partial charge in [0.1, 0.15) is 0 Å². The number of Topliss-reactive ketones (excluding diaryl/α,β-unsaturated/α-hetero) is 1. The Kier molecular flexibility index (Phi) is 4.01. The number of hydrogen-bond donors (Lipinski definition) is 0. The maximum atomic E-state index is 13.4. The SMILES string of the molecule is Cc1cc2c(c(Cl)c1Cl)C(=O)C(C)(c1ccc(C(C)(F)F)cc1)C2. The van der Waals surface area contributed by atoms with Gasteiger partial charge in [-0.2, -0.15) is 0 Å². The van der Waals surface area contributed by atoms with Crippen molar-refractivity contribution in [3.63, 3.8) is 0 Å². The van der Waals surface area contributed by atoms with Gasteiger partial charge in [-0.05, 0) is 37.0 Å². The first-order valence-electron chi connectivity index (χ1n) is 7.57. The van der Waals surface area contributed by atoms with Crippen LogP contribution in [0.3, 0.4) is 0 Å². The number of hydrogen-bond acceptors (Lipinski definition) is 1. The first-order chi connectivity index (χ1) is 11.1. The normalized spacial score (nSPS) is 20.4. The minimum Gasteiger partial charge on any atom is -0.293 e. The number of rotatable bonds is 2. The molecule has 0 amide bonds. The highest BCUT2D eigenvalue weighted by molar-refractivity contribution is 6.45. The fourth-order valence-corrected chi connectivity index (χ4v) is 3.81. The quantitative estimate of drug-likeness (QED) is 0.624. The zero-order chi connectivity index (χ0) is 17.9. The van der Waals surface area contributed by atoms with Gasteiger partial charge in [0.15, 0.2) is 5.78 Å². The van der Waals surface area contributed by atoms with Crippen molar-refractivity contribution in [1.29, 1.82) is 0 Å². The third kappa shape index (κ3) is 2.55. The van der Waals surface area contributed by atoms with Crippen molar-refractivity contribution in [2.45, 2.75) is 38.5 Å². The molecule has 0 N–H and O–H groups in total. The predicted molar refractivity (Wildman–Crippen MR) is 92.6 cm³/mol. The van der Waals surface area contributed by atoms with Crippen molar-refractivity contribution in [3.05, 3.63) is 68.2 Å². The van der Waals surface area contributed by atoms with Gasteiger partial charge in [0.25, 0.3) is 5.92 Å². The van der Waals surface area contributed by atoms with Gasteiger partial charge in [0.2, 0.25) is 0 Å². The second kappa shape index (κ2) is 5.53. The van der Waals surface area contributed by atoms with Crippen molar-refractivity contribution in [1.82, 2.24) is 0 Å². The standard InChI is InChI=1S/C19H16Cl2F2O/c1-10-8-11-9-18(2,17(24)14(11)16(21)15(10)20)12-4-6-13(7-5-12)19(3,22)23/h4-8H,9H2,1-3H3. The zero-order valence-electron chi connectivity index (χ0n) is 13.5. The van der Waals surface area contributed by atoms with Crippen LogP contribution in [0.25, 0.3) is 0 Å². The first kappa shape index (κ1) is 17.4. The minimum atomic E-state index is -2.91. The molecule has 2 aromatic carbocycles. The topological polar surface area (TPSA) is 17.1 Å². The lowest BCUT2D eigenvalue weighted by Crippen LogP contribution is -2.29. The van der Waals surface area contributed by atoms with Crippen LogP contribution in [0.4, 0.5) is 8.78 Å². The van der Waals surface area contributed by atoms with Crippen LogP contribution in [-0.2, 0) is 17.8 Å². The number of halogens is 4. The average Bonchev–Trinajstić information content (AvgIpc) is 2.76. The average molecular weight is 369 g/mol. The summed E-state index contributed by atoms with van der Waals surface area (Å²) >= 11 is 12.5. The molecule has 0 saturated carbocycles. The van der Waals surface area contributed by atoms with Crippen molar-refractivity contribution in [2.75, 3.05) is 0 Å². The molecule has 0 radical (unpaired) electrons. The van der Waals surface area contributed by atoms with E-state index in [-0.39, 0.29) is 16.4 Å². The van der Waals surface area contributed by atoms with Crippen LogP contribution in [0.2, 0.25) is 10.0 Å². The number of fused-ring (bicyclic) bond motifs is 1. The number of carbonyl (C=O) groups is 1. The summed E-state index contributed by atoms with van der Waals surface area (Å²) in [5.74, 6) is -3.03. The van der Waals surface area contributed by atoms with Crippen molar-refractivity contribution < 1.29 is 13.6 Å². The van der Waals surface area contributed by atoms with Gasteiger partial charge in [0.05, 0.1) is 15.5 Å². The fraction of sp³-hybridized carbons (Fsp3) is 0.316. The number of ketones is 1. The molecule has 1 unspecified atom stereocenters. The van der Waals surface area contributed by atoms with Gasteiger partial charge < -0.3 is 0 Å². The van der Waals surface area contributed by atoms with E-state index in [0.29, 0.717) is 22.6 Å². The van der Waals surface area contributed by atoms with Crippen LogP contribution in [0.1, 0.15) is 46.5 Å². The Morgan fingerprint density at radius 2 is 1.71 bits per heavy atom. The number of aryl methyl sites for hydroxylation is 1. The Morgan fingerprint density at radius 1 is 1.12 bits per heavy atom. The number of benzene rings is 2. The molecule has 24 heavy (non-hydrogen) atoms. The summed E-state index contributed by atoms with van der Waals surface area (Å²) < 4.78 is 26.8. The Morgan fingerprint density at radius 3 is 2.25 bits per heavy atom. The molecule has 1 nitrogen and oxygen atoms in total. The van der Waals surface area contributed by atoms with Gasteiger partial charge in [-0.25, -0.2) is 8.78 Å². The largest absolute Gasteiger partial charge is 0.293 e. The van der Waals surface area contributed by atoms with Crippen LogP contribution < -0.4 is 0 Å². The van der Waals surface area contributed by atoms with E-state index in [4.69, 9.17) is 23.2 Å². The minimum absolute atomic E-state index is 0.0743. The molecule has 3 rings (SSSR count). The second-order valence-corrected chi connectivity index (χ2v) is 7.42. The van der Waals surface area contributed by atoms with Crippen LogP contribution in [0, 0.1) is 6.92 Å². The molecule has 0 saturated heterocycles. The first-order valence-corrected chi connectivity index (χ1v) is 8.32. The van der Waals surface area contributed by atoms with E-state index in [1.165, 1.54) is 12.1 Å². The molecule has 1 aliphatic carbocycles. The third-order valence-electron chi connectivity index (χ3n) is 4.77. The molecular formula is C19H16Cl2F2O. The summed E-state index contributed by atoms with van der Waals surface area (Å²) in [6, 6.07) is 7.81. The lowest BCUT2D eigenvalue weighted by Gasteiger charge is -2.23. The van der Waals surface area contributed by atoms with E-state index in [2.05, 4.69) is 0 Å². The maximum Gasteiger partial charge on any atom is 0.270 e. The molecule has 1 aliphatic rings. The highest BCUT2D eigenvalue weighted by Gasteiger charge is 2.44. The summed E-state index contributed by atoms with van der Waals surface area (Å²) in [7, 11) is 0. The summed E-state index contributed by atoms with van der Waals surface area (Å²) in [4.78, 5) is 13.0. The van der Waals surface area contributed by atoms with E-state index >= 15 is 0 Å². The molecule has 0 fully saturated rings. The monoisotopic (exact) mass is 368 g/mol. The summed E-state index contributed by atoms with van der Waals surface area (Å²) in [5.41, 5.74) is 1.90. The van der Waals surface area contributed by atoms with Crippen LogP contribution in [0.5, 0.6) is 0 Å². The summed E-state index contributed by atoms with van der Waals surface area (Å²) in [5, 5.41) is 0.658. The Labute approximate surface area is 149 Å². The van der Waals surface area contributed by atoms with E-state index < -0.39 is 11.3 Å². The van der Waals surface area contributed by atoms with Gasteiger partial charge in [0, 0.05) is 18.1 Å². The van der Waals surface area contributed by atoms with Crippen molar-refractivity contribution >= 4 is 29.0 Å². The van der Waals surface area contributed by atoms with Crippen molar-refractivity contribution in [3.8, 4) is 0 Å². The Bertz CT molecular complexity index is 838. The van der Waals surface area contributed by atoms with E-state index in [1.54, 1.807) is 12.1 Å². The molecule has 0 aromatic heterocycles. The van der Waals surface area contributed by atoms with Crippen LogP contribution >= 0.6 is 23.2 Å². The van der Waals surface area contributed by atoms with E-state index in [1.807, 2.05) is 19.9 Å². The Hall–Kier alpha value is -1.45. The van der Waals surface area contributed by atoms with Gasteiger partial charge >= 0.3 is 0 Å². The van der Waals surface area contributed by atoms with Crippen molar-refractivity contribution in [2.24, 2.45) is 0 Å². The summed E-state index contributed by atoms with van der Waals surface area (Å²) in [6.45, 7) is 4.51. The van der Waals surface area contributed by atoms with Crippen LogP contribution in [-0.4, -0.2) is 5.78 Å². The number of alkyl halides is 2. The van der Waals surface area contributed by atoms with E-state index in [0.717, 1.165) is 18.1 Å². The highest BCUT2D eigenvalue weighted by Crippen LogP contribution is 2.45. The molecule has 5 heteroatoms. The molecule has 0 spiro atoms. The molecular weight excluding hydrogens is 353 g/mol. The highest BCUT2D eigenvalue weighted by atomic mass is 35.5. The van der Waals surface area contributed by atoms with E-state index in [9.17, 15) is 13.6 Å². The molecule has 126 valence electrons. The predicted octanol–water partition coefficient (Wildman–Crippen LogP) is 6.11. The van der Waals surface area contributed by atoms with Gasteiger partial charge in [-0.3, -0.25) is 4.79 Å². The lowest BCUT2D eigenvalue weighted by molar-refractivity contribution is 0.0174. The third-order valence-corrected chi connectivity index (χ3v) is 5.73. The summed E-state index contributed by atoms with van der Waals surface area (Å²) in [6.07, 6.45) is 0.473. The van der Waals surface area contributed by atoms with Crippen LogP contribution in [0.15, 0.2) is 30.3 Å².